The maximum absolute atomic E-state index is 11.2. The lowest BCUT2D eigenvalue weighted by atomic mass is 10.1. The molecule has 112 valence electrons. The number of hydrogen-bond donors (Lipinski definition) is 2. The summed E-state index contributed by atoms with van der Waals surface area (Å²) in [6.07, 6.45) is 2.82. The predicted octanol–water partition coefficient (Wildman–Crippen LogP) is 2.89. The summed E-state index contributed by atoms with van der Waals surface area (Å²) in [5.41, 5.74) is 9.34. The van der Waals surface area contributed by atoms with Gasteiger partial charge in [-0.05, 0) is 42.3 Å². The first-order chi connectivity index (χ1) is 10.7. The van der Waals surface area contributed by atoms with Gasteiger partial charge < -0.3 is 15.4 Å². The average molecular weight is 294 g/mol. The molecule has 1 heterocycles. The normalized spacial score (nSPS) is 11.0. The highest BCUT2D eigenvalue weighted by Gasteiger charge is 2.11. The second-order valence-corrected chi connectivity index (χ2v) is 5.34. The first kappa shape index (κ1) is 14.4. The van der Waals surface area contributed by atoms with Gasteiger partial charge in [0.2, 0.25) is 0 Å². The summed E-state index contributed by atoms with van der Waals surface area (Å²) >= 11 is 0. The number of benzene rings is 2. The number of nitrogens with zero attached hydrogens (tertiary/aromatic N) is 1. The van der Waals surface area contributed by atoms with E-state index in [4.69, 9.17) is 5.73 Å². The van der Waals surface area contributed by atoms with E-state index in [1.807, 2.05) is 24.3 Å². The quantitative estimate of drug-likeness (QED) is 0.760. The van der Waals surface area contributed by atoms with Crippen LogP contribution in [0.1, 0.15) is 21.5 Å². The molecule has 0 spiro atoms. The Morgan fingerprint density at radius 2 is 1.91 bits per heavy atom. The third-order valence-corrected chi connectivity index (χ3v) is 3.82. The van der Waals surface area contributed by atoms with Gasteiger partial charge in [-0.2, -0.15) is 0 Å². The minimum Gasteiger partial charge on any atom is -0.478 e. The molecule has 1 aromatic heterocycles. The smallest absolute Gasteiger partial charge is 0.335 e. The number of fused-ring (bicyclic) bond motifs is 1. The Morgan fingerprint density at radius 3 is 2.59 bits per heavy atom. The van der Waals surface area contributed by atoms with Crippen LogP contribution in [0.25, 0.3) is 10.9 Å². The third kappa shape index (κ3) is 2.73. The summed E-state index contributed by atoms with van der Waals surface area (Å²) in [7, 11) is 0. The minimum absolute atomic E-state index is 0.309. The van der Waals surface area contributed by atoms with Gasteiger partial charge >= 0.3 is 5.97 Å². The highest BCUT2D eigenvalue weighted by molar-refractivity contribution is 5.95. The molecule has 0 saturated heterocycles. The molecule has 2 aromatic carbocycles. The zero-order valence-electron chi connectivity index (χ0n) is 12.2. The second-order valence-electron chi connectivity index (χ2n) is 5.34. The van der Waals surface area contributed by atoms with E-state index in [1.54, 1.807) is 12.1 Å². The Kier molecular flexibility index (Phi) is 3.94. The first-order valence-electron chi connectivity index (χ1n) is 7.28. The SMILES string of the molecule is NCCc1cn(Cc2ccccc2)c2ccc(C(=O)O)cc12. The van der Waals surface area contributed by atoms with Gasteiger partial charge in [0.15, 0.2) is 0 Å². The van der Waals surface area contributed by atoms with E-state index >= 15 is 0 Å². The molecule has 3 rings (SSSR count). The Bertz CT molecular complexity index is 807. The molecule has 0 bridgehead atoms. The number of carboxylic acids is 1. The van der Waals surface area contributed by atoms with E-state index in [0.717, 1.165) is 29.4 Å². The zero-order chi connectivity index (χ0) is 15.5. The van der Waals surface area contributed by atoms with Crippen LogP contribution >= 0.6 is 0 Å². The fraction of sp³-hybridized carbons (Fsp3) is 0.167. The summed E-state index contributed by atoms with van der Waals surface area (Å²) in [4.78, 5) is 11.2. The number of hydrogen-bond acceptors (Lipinski definition) is 2. The van der Waals surface area contributed by atoms with Crippen molar-refractivity contribution in [1.29, 1.82) is 0 Å². The van der Waals surface area contributed by atoms with Gasteiger partial charge in [0.05, 0.1) is 5.56 Å². The van der Waals surface area contributed by atoms with Crippen molar-refractivity contribution >= 4 is 16.9 Å². The van der Waals surface area contributed by atoms with Gasteiger partial charge in [0.25, 0.3) is 0 Å². The Hall–Kier alpha value is -2.59. The number of carbonyl (C=O) groups is 1. The zero-order valence-corrected chi connectivity index (χ0v) is 12.2. The molecule has 0 atom stereocenters. The van der Waals surface area contributed by atoms with Gasteiger partial charge in [-0.15, -0.1) is 0 Å². The van der Waals surface area contributed by atoms with Gasteiger partial charge in [0, 0.05) is 23.6 Å². The van der Waals surface area contributed by atoms with Crippen molar-refractivity contribution < 1.29 is 9.90 Å². The number of aromatic nitrogens is 1. The third-order valence-electron chi connectivity index (χ3n) is 3.82. The molecule has 3 aromatic rings. The first-order valence-corrected chi connectivity index (χ1v) is 7.28. The van der Waals surface area contributed by atoms with E-state index < -0.39 is 5.97 Å². The fourth-order valence-electron chi connectivity index (χ4n) is 2.77. The van der Waals surface area contributed by atoms with E-state index in [2.05, 4.69) is 22.9 Å². The maximum Gasteiger partial charge on any atom is 0.335 e. The van der Waals surface area contributed by atoms with Crippen LogP contribution in [0.4, 0.5) is 0 Å². The Labute approximate surface area is 128 Å². The van der Waals surface area contributed by atoms with Crippen LogP contribution in [0.3, 0.4) is 0 Å². The summed E-state index contributed by atoms with van der Waals surface area (Å²) in [5, 5.41) is 10.1. The molecule has 0 fully saturated rings. The van der Waals surface area contributed by atoms with Crippen LogP contribution in [-0.4, -0.2) is 22.2 Å². The summed E-state index contributed by atoms with van der Waals surface area (Å²) < 4.78 is 2.15. The molecule has 0 aliphatic heterocycles. The molecule has 4 nitrogen and oxygen atoms in total. The number of carboxylic acid groups (broad SMARTS) is 1. The van der Waals surface area contributed by atoms with Crippen molar-refractivity contribution in [2.24, 2.45) is 5.73 Å². The topological polar surface area (TPSA) is 68.2 Å². The predicted molar refractivity (Wildman–Crippen MR) is 87.2 cm³/mol. The van der Waals surface area contributed by atoms with Crippen molar-refractivity contribution in [2.45, 2.75) is 13.0 Å². The van der Waals surface area contributed by atoms with Crippen LogP contribution in [-0.2, 0) is 13.0 Å². The van der Waals surface area contributed by atoms with Gasteiger partial charge in [0.1, 0.15) is 0 Å². The number of nitrogens with two attached hydrogens (primary N) is 1. The van der Waals surface area contributed by atoms with Crippen LogP contribution < -0.4 is 5.73 Å². The van der Waals surface area contributed by atoms with Crippen LogP contribution in [0.15, 0.2) is 54.7 Å². The van der Waals surface area contributed by atoms with Crippen molar-refractivity contribution in [3.8, 4) is 0 Å². The van der Waals surface area contributed by atoms with E-state index in [1.165, 1.54) is 5.56 Å². The highest BCUT2D eigenvalue weighted by atomic mass is 16.4. The minimum atomic E-state index is -0.906. The van der Waals surface area contributed by atoms with E-state index in [0.29, 0.717) is 12.1 Å². The molecule has 0 saturated carbocycles. The largest absolute Gasteiger partial charge is 0.478 e. The van der Waals surface area contributed by atoms with Gasteiger partial charge in [-0.25, -0.2) is 4.79 Å². The standard InChI is InChI=1S/C18H18N2O2/c19-9-8-15-12-20(11-13-4-2-1-3-5-13)17-7-6-14(18(21)22)10-16(15)17/h1-7,10,12H,8-9,11,19H2,(H,21,22). The molecule has 3 N–H and O–H groups in total. The van der Waals surface area contributed by atoms with E-state index in [9.17, 15) is 9.90 Å². The Morgan fingerprint density at radius 1 is 1.14 bits per heavy atom. The van der Waals surface area contributed by atoms with Crippen molar-refractivity contribution in [3.05, 3.63) is 71.4 Å². The van der Waals surface area contributed by atoms with Crippen molar-refractivity contribution in [3.63, 3.8) is 0 Å². The lowest BCUT2D eigenvalue weighted by Crippen LogP contribution is -2.02. The maximum atomic E-state index is 11.2. The van der Waals surface area contributed by atoms with E-state index in [-0.39, 0.29) is 0 Å². The second kappa shape index (κ2) is 6.03. The molecule has 22 heavy (non-hydrogen) atoms. The highest BCUT2D eigenvalue weighted by Crippen LogP contribution is 2.24. The van der Waals surface area contributed by atoms with Crippen molar-refractivity contribution in [2.75, 3.05) is 6.54 Å². The lowest BCUT2D eigenvalue weighted by molar-refractivity contribution is 0.0697. The van der Waals surface area contributed by atoms with Crippen LogP contribution in [0, 0.1) is 0 Å². The number of aromatic carboxylic acids is 1. The van der Waals surface area contributed by atoms with Gasteiger partial charge in [-0.3, -0.25) is 0 Å². The molecular weight excluding hydrogens is 276 g/mol. The van der Waals surface area contributed by atoms with Crippen LogP contribution in [0.5, 0.6) is 0 Å². The summed E-state index contributed by atoms with van der Waals surface area (Å²) in [6.45, 7) is 1.30. The van der Waals surface area contributed by atoms with Gasteiger partial charge in [-0.1, -0.05) is 30.3 Å². The molecule has 0 aliphatic carbocycles. The molecule has 0 radical (unpaired) electrons. The number of rotatable bonds is 5. The molecule has 0 aliphatic rings. The summed E-state index contributed by atoms with van der Waals surface area (Å²) in [6, 6.07) is 15.5. The van der Waals surface area contributed by atoms with Crippen LogP contribution in [0.2, 0.25) is 0 Å². The average Bonchev–Trinajstić information content (AvgIpc) is 2.86. The molecule has 4 heteroatoms. The fourth-order valence-corrected chi connectivity index (χ4v) is 2.77. The molecule has 0 unspecified atom stereocenters. The molecule has 0 amide bonds. The summed E-state index contributed by atoms with van der Waals surface area (Å²) in [5.74, 6) is -0.906. The Balaban J connectivity index is 2.08. The lowest BCUT2D eigenvalue weighted by Gasteiger charge is -2.05. The van der Waals surface area contributed by atoms with Crippen molar-refractivity contribution in [1.82, 2.24) is 4.57 Å². The molecular formula is C18H18N2O2. The monoisotopic (exact) mass is 294 g/mol.